The summed E-state index contributed by atoms with van der Waals surface area (Å²) in [7, 11) is -9.90. The predicted octanol–water partition coefficient (Wildman–Crippen LogP) is 20.1. The number of ether oxygens (including phenoxy) is 4. The van der Waals surface area contributed by atoms with Crippen molar-refractivity contribution in [3.63, 3.8) is 0 Å². The lowest BCUT2D eigenvalue weighted by Gasteiger charge is -2.21. The summed E-state index contributed by atoms with van der Waals surface area (Å²) in [5, 5.41) is 10.6. The average Bonchev–Trinajstić information content (AvgIpc) is 2.76. The molecule has 0 aromatic carbocycles. The van der Waals surface area contributed by atoms with Gasteiger partial charge in [0.2, 0.25) is 0 Å². The van der Waals surface area contributed by atoms with Crippen LogP contribution in [0.15, 0.2) is 0 Å². The summed E-state index contributed by atoms with van der Waals surface area (Å²) in [6, 6.07) is 0. The van der Waals surface area contributed by atoms with E-state index in [2.05, 4.69) is 55.4 Å². The van der Waals surface area contributed by atoms with Crippen LogP contribution < -0.4 is 0 Å². The monoisotopic (exact) mass is 1320 g/mol. The molecule has 0 saturated carbocycles. The number of carbonyl (C=O) groups excluding carboxylic acids is 4. The molecular formula is C71H138O17P2. The molecule has 0 aliphatic rings. The maximum absolute atomic E-state index is 13.0. The van der Waals surface area contributed by atoms with E-state index in [0.717, 1.165) is 115 Å². The van der Waals surface area contributed by atoms with Gasteiger partial charge >= 0.3 is 39.5 Å². The van der Waals surface area contributed by atoms with Crippen molar-refractivity contribution in [3.8, 4) is 0 Å². The Labute approximate surface area is 549 Å². The van der Waals surface area contributed by atoms with Crippen molar-refractivity contribution in [3.05, 3.63) is 0 Å². The van der Waals surface area contributed by atoms with Crippen molar-refractivity contribution in [2.24, 2.45) is 23.7 Å². The summed E-state index contributed by atoms with van der Waals surface area (Å²) in [6.45, 7) is 14.0. The minimum Gasteiger partial charge on any atom is -0.462 e. The molecule has 0 radical (unpaired) electrons. The van der Waals surface area contributed by atoms with Crippen molar-refractivity contribution in [1.82, 2.24) is 0 Å². The lowest BCUT2D eigenvalue weighted by atomic mass is 10.00. The molecule has 17 nitrogen and oxygen atoms in total. The highest BCUT2D eigenvalue weighted by Crippen LogP contribution is 2.45. The van der Waals surface area contributed by atoms with Crippen LogP contribution in [0.3, 0.4) is 0 Å². The van der Waals surface area contributed by atoms with Crippen LogP contribution in [-0.4, -0.2) is 96.7 Å². The molecular weight excluding hydrogens is 1190 g/mol. The molecule has 0 heterocycles. The molecule has 0 aromatic rings. The summed E-state index contributed by atoms with van der Waals surface area (Å²) >= 11 is 0. The fourth-order valence-electron chi connectivity index (χ4n) is 10.6. The molecule has 19 heteroatoms. The van der Waals surface area contributed by atoms with E-state index in [1.807, 2.05) is 0 Å². The summed E-state index contributed by atoms with van der Waals surface area (Å²) in [6.07, 6.45) is 43.5. The molecule has 90 heavy (non-hydrogen) atoms. The number of rotatable bonds is 68. The molecule has 0 aromatic heterocycles. The molecule has 534 valence electrons. The Bertz CT molecular complexity index is 1780. The quantitative estimate of drug-likeness (QED) is 0.0222. The number of carbonyl (C=O) groups is 4. The third-order valence-electron chi connectivity index (χ3n) is 16.7. The maximum atomic E-state index is 13.0. The largest absolute Gasteiger partial charge is 0.472 e. The van der Waals surface area contributed by atoms with Crippen LogP contribution in [0.1, 0.15) is 351 Å². The van der Waals surface area contributed by atoms with Crippen LogP contribution in [0.5, 0.6) is 0 Å². The van der Waals surface area contributed by atoms with E-state index in [1.54, 1.807) is 0 Å². The summed E-state index contributed by atoms with van der Waals surface area (Å²) in [5.41, 5.74) is 0. The molecule has 0 fully saturated rings. The van der Waals surface area contributed by atoms with Gasteiger partial charge in [0.05, 0.1) is 26.4 Å². The zero-order valence-electron chi connectivity index (χ0n) is 58.8. The maximum Gasteiger partial charge on any atom is 0.472 e. The normalized spacial score (nSPS) is 14.6. The van der Waals surface area contributed by atoms with Crippen molar-refractivity contribution in [1.29, 1.82) is 0 Å². The number of esters is 4. The lowest BCUT2D eigenvalue weighted by Crippen LogP contribution is -2.30. The second-order valence-electron chi connectivity index (χ2n) is 27.3. The predicted molar refractivity (Wildman–Crippen MR) is 363 cm³/mol. The molecule has 0 aliphatic carbocycles. The number of phosphoric ester groups is 2. The zero-order valence-corrected chi connectivity index (χ0v) is 60.6. The Morgan fingerprint density at radius 2 is 0.533 bits per heavy atom. The standard InChI is InChI=1S/C71H138O17P2/c1-9-64(8)50-42-34-28-30-36-44-52-69(74)82-58-67(88-71(76)54-46-38-26-22-24-32-40-48-62(4)5)60-86-90(79,80)84-56-65(72)55-83-89(77,78)85-59-66(57-81-68(73)51-43-35-29-27-33-41-49-63(6)7)87-70(75)53-45-37-25-21-19-17-15-13-11-10-12-14-16-18-20-23-31-39-47-61(2)3/h61-67,72H,9-60H2,1-8H3,(H,77,78)(H,79,80)/t64?,65?,66-,67-/m1/s1. The van der Waals surface area contributed by atoms with Gasteiger partial charge in [-0.25, -0.2) is 9.13 Å². The van der Waals surface area contributed by atoms with Gasteiger partial charge in [0.25, 0.3) is 0 Å². The van der Waals surface area contributed by atoms with Crippen molar-refractivity contribution in [2.75, 3.05) is 39.6 Å². The first-order valence-electron chi connectivity index (χ1n) is 36.7. The summed E-state index contributed by atoms with van der Waals surface area (Å²) in [5.74, 6) is 0.792. The first kappa shape index (κ1) is 88.1. The van der Waals surface area contributed by atoms with Gasteiger partial charge < -0.3 is 33.8 Å². The number of phosphoric acid groups is 2. The Kier molecular flexibility index (Phi) is 59.4. The molecule has 0 saturated heterocycles. The lowest BCUT2D eigenvalue weighted by molar-refractivity contribution is -0.161. The van der Waals surface area contributed by atoms with Crippen LogP contribution in [0.25, 0.3) is 0 Å². The molecule has 0 bridgehead atoms. The van der Waals surface area contributed by atoms with Crippen LogP contribution in [0, 0.1) is 23.7 Å². The van der Waals surface area contributed by atoms with Gasteiger partial charge in [-0.05, 0) is 49.4 Å². The van der Waals surface area contributed by atoms with Crippen LogP contribution >= 0.6 is 15.6 Å². The van der Waals surface area contributed by atoms with E-state index in [4.69, 9.17) is 37.0 Å². The number of aliphatic hydroxyl groups is 1. The average molecular weight is 1330 g/mol. The highest BCUT2D eigenvalue weighted by atomic mass is 31.2. The van der Waals surface area contributed by atoms with Crippen molar-refractivity contribution >= 4 is 39.5 Å². The minimum absolute atomic E-state index is 0.102. The van der Waals surface area contributed by atoms with Crippen LogP contribution in [0.2, 0.25) is 0 Å². The second-order valence-corrected chi connectivity index (χ2v) is 30.2. The van der Waals surface area contributed by atoms with Crippen molar-refractivity contribution < 1.29 is 80.2 Å². The Morgan fingerprint density at radius 3 is 0.789 bits per heavy atom. The van der Waals surface area contributed by atoms with Gasteiger partial charge in [0.1, 0.15) is 19.3 Å². The molecule has 6 atom stereocenters. The van der Waals surface area contributed by atoms with Gasteiger partial charge in [0, 0.05) is 25.7 Å². The highest BCUT2D eigenvalue weighted by Gasteiger charge is 2.30. The fourth-order valence-corrected chi connectivity index (χ4v) is 12.2. The van der Waals surface area contributed by atoms with Crippen LogP contribution in [-0.2, 0) is 65.4 Å². The SMILES string of the molecule is CCC(C)CCCCCCCCC(=O)OC[C@H](COP(=O)(O)OCC(O)COP(=O)(O)OC[C@@H](COC(=O)CCCCCCCCC(C)C)OC(=O)CCCCCCCCCCCCCCCCCCCCC(C)C)OC(=O)CCCCCCCCCC(C)C. The summed E-state index contributed by atoms with van der Waals surface area (Å²) in [4.78, 5) is 72.4. The molecule has 0 rings (SSSR count). The topological polar surface area (TPSA) is 237 Å². The van der Waals surface area contributed by atoms with E-state index < -0.39 is 97.5 Å². The van der Waals surface area contributed by atoms with Gasteiger partial charge in [-0.15, -0.1) is 0 Å². The molecule has 4 unspecified atom stereocenters. The van der Waals surface area contributed by atoms with E-state index >= 15 is 0 Å². The van der Waals surface area contributed by atoms with Gasteiger partial charge in [-0.1, -0.05) is 299 Å². The van der Waals surface area contributed by atoms with E-state index in [9.17, 15) is 43.2 Å². The molecule has 0 spiro atoms. The fraction of sp³-hybridized carbons (Fsp3) is 0.944. The van der Waals surface area contributed by atoms with Crippen LogP contribution in [0.4, 0.5) is 0 Å². The second kappa shape index (κ2) is 60.7. The number of unbranched alkanes of at least 4 members (excludes halogenated alkanes) is 33. The smallest absolute Gasteiger partial charge is 0.462 e. The zero-order chi connectivity index (χ0) is 66.8. The third-order valence-corrected chi connectivity index (χ3v) is 18.6. The Balaban J connectivity index is 5.14. The van der Waals surface area contributed by atoms with Gasteiger partial charge in [0.15, 0.2) is 12.2 Å². The molecule has 0 aliphatic heterocycles. The van der Waals surface area contributed by atoms with Gasteiger partial charge in [-0.3, -0.25) is 37.3 Å². The minimum atomic E-state index is -4.95. The Hall–Kier alpha value is -1.94. The highest BCUT2D eigenvalue weighted by molar-refractivity contribution is 7.47. The first-order chi connectivity index (χ1) is 43.1. The van der Waals surface area contributed by atoms with Crippen molar-refractivity contribution in [2.45, 2.75) is 369 Å². The Morgan fingerprint density at radius 1 is 0.311 bits per heavy atom. The number of hydrogen-bond acceptors (Lipinski definition) is 15. The number of hydrogen-bond donors (Lipinski definition) is 3. The number of aliphatic hydroxyl groups excluding tert-OH is 1. The van der Waals surface area contributed by atoms with E-state index in [-0.39, 0.29) is 25.7 Å². The third kappa shape index (κ3) is 63.5. The summed E-state index contributed by atoms with van der Waals surface area (Å²) < 4.78 is 68.2. The van der Waals surface area contributed by atoms with E-state index in [0.29, 0.717) is 37.5 Å². The molecule has 0 amide bonds. The molecule has 3 N–H and O–H groups in total. The van der Waals surface area contributed by atoms with Gasteiger partial charge in [-0.2, -0.15) is 0 Å². The first-order valence-corrected chi connectivity index (χ1v) is 39.7. The van der Waals surface area contributed by atoms with E-state index in [1.165, 1.54) is 141 Å².